The van der Waals surface area contributed by atoms with Crippen LogP contribution >= 0.6 is 11.8 Å². The highest BCUT2D eigenvalue weighted by atomic mass is 32.2. The summed E-state index contributed by atoms with van der Waals surface area (Å²) in [6.45, 7) is 6.82. The van der Waals surface area contributed by atoms with E-state index in [4.69, 9.17) is 0 Å². The number of halogens is 3. The number of amides is 1. The molecule has 25 heavy (non-hydrogen) atoms. The molecule has 2 fully saturated rings. The molecule has 138 valence electrons. The zero-order valence-electron chi connectivity index (χ0n) is 14.1. The molecule has 2 aliphatic heterocycles. The predicted molar refractivity (Wildman–Crippen MR) is 92.3 cm³/mol. The number of piperazine rings is 1. The SMILES string of the molecule is CC1SC(c2cccc(C(F)(F)F)c2)N(CCN2CCNCC2)C1=O. The van der Waals surface area contributed by atoms with Gasteiger partial charge in [0.1, 0.15) is 5.37 Å². The van der Waals surface area contributed by atoms with Crippen LogP contribution in [0.5, 0.6) is 0 Å². The second kappa shape index (κ2) is 7.55. The van der Waals surface area contributed by atoms with Crippen LogP contribution in [0.4, 0.5) is 13.2 Å². The molecule has 1 N–H and O–H groups in total. The summed E-state index contributed by atoms with van der Waals surface area (Å²) in [5.41, 5.74) is -0.127. The molecule has 0 aliphatic carbocycles. The summed E-state index contributed by atoms with van der Waals surface area (Å²) in [4.78, 5) is 16.5. The lowest BCUT2D eigenvalue weighted by molar-refractivity contribution is -0.137. The molecule has 0 radical (unpaired) electrons. The number of hydrogen-bond acceptors (Lipinski definition) is 4. The van der Waals surface area contributed by atoms with Crippen LogP contribution in [0.1, 0.15) is 23.4 Å². The van der Waals surface area contributed by atoms with Gasteiger partial charge in [0, 0.05) is 39.3 Å². The summed E-state index contributed by atoms with van der Waals surface area (Å²) in [5, 5.41) is 2.69. The van der Waals surface area contributed by atoms with Crippen molar-refractivity contribution in [2.75, 3.05) is 39.3 Å². The van der Waals surface area contributed by atoms with Crippen LogP contribution in [-0.2, 0) is 11.0 Å². The second-order valence-electron chi connectivity index (χ2n) is 6.38. The Bertz CT molecular complexity index is 619. The van der Waals surface area contributed by atoms with Gasteiger partial charge in [-0.15, -0.1) is 11.8 Å². The molecule has 1 aromatic rings. The van der Waals surface area contributed by atoms with Crippen LogP contribution in [0.15, 0.2) is 24.3 Å². The van der Waals surface area contributed by atoms with Gasteiger partial charge in [-0.2, -0.15) is 13.2 Å². The summed E-state index contributed by atoms with van der Waals surface area (Å²) in [5.74, 6) is 0.00236. The Kier molecular flexibility index (Phi) is 5.60. The number of thioether (sulfide) groups is 1. The minimum atomic E-state index is -4.37. The first-order chi connectivity index (χ1) is 11.9. The van der Waals surface area contributed by atoms with Crippen LogP contribution < -0.4 is 5.32 Å². The van der Waals surface area contributed by atoms with Gasteiger partial charge in [-0.1, -0.05) is 12.1 Å². The third-order valence-electron chi connectivity index (χ3n) is 4.61. The van der Waals surface area contributed by atoms with E-state index in [1.807, 2.05) is 6.92 Å². The Hall–Kier alpha value is -1.25. The van der Waals surface area contributed by atoms with Gasteiger partial charge in [-0.3, -0.25) is 9.69 Å². The van der Waals surface area contributed by atoms with Crippen molar-refractivity contribution in [3.8, 4) is 0 Å². The van der Waals surface area contributed by atoms with Gasteiger partial charge >= 0.3 is 6.18 Å². The standard InChI is InChI=1S/C17H22F3N3OS/c1-12-15(24)23(10-9-22-7-5-21-6-8-22)16(25-12)13-3-2-4-14(11-13)17(18,19)20/h2-4,11-12,16,21H,5-10H2,1H3. The topological polar surface area (TPSA) is 35.6 Å². The molecule has 2 saturated heterocycles. The van der Waals surface area contributed by atoms with E-state index in [0.29, 0.717) is 12.1 Å². The molecule has 4 nitrogen and oxygen atoms in total. The van der Waals surface area contributed by atoms with E-state index in [0.717, 1.165) is 38.8 Å². The fraction of sp³-hybridized carbons (Fsp3) is 0.588. The molecule has 3 rings (SSSR count). The smallest absolute Gasteiger partial charge is 0.324 e. The number of rotatable bonds is 4. The molecule has 8 heteroatoms. The normalized spacial score (nSPS) is 25.6. The number of hydrogen-bond donors (Lipinski definition) is 1. The first-order valence-corrected chi connectivity index (χ1v) is 9.37. The summed E-state index contributed by atoms with van der Waals surface area (Å²) >= 11 is 1.42. The monoisotopic (exact) mass is 373 g/mol. The van der Waals surface area contributed by atoms with Crippen molar-refractivity contribution in [1.29, 1.82) is 0 Å². The number of benzene rings is 1. The van der Waals surface area contributed by atoms with Crippen molar-refractivity contribution >= 4 is 17.7 Å². The number of nitrogens with zero attached hydrogens (tertiary/aromatic N) is 2. The molecule has 0 spiro atoms. The molecule has 0 aromatic heterocycles. The minimum absolute atomic E-state index is 0.00236. The predicted octanol–water partition coefficient (Wildman–Crippen LogP) is 2.57. The summed E-state index contributed by atoms with van der Waals surface area (Å²) in [6, 6.07) is 5.33. The van der Waals surface area contributed by atoms with E-state index in [-0.39, 0.29) is 16.5 Å². The maximum atomic E-state index is 13.0. The van der Waals surface area contributed by atoms with Crippen molar-refractivity contribution in [3.63, 3.8) is 0 Å². The minimum Gasteiger partial charge on any atom is -0.324 e. The first-order valence-electron chi connectivity index (χ1n) is 8.42. The van der Waals surface area contributed by atoms with E-state index in [1.165, 1.54) is 23.9 Å². The van der Waals surface area contributed by atoms with Crippen molar-refractivity contribution in [3.05, 3.63) is 35.4 Å². The lowest BCUT2D eigenvalue weighted by Crippen LogP contribution is -2.46. The van der Waals surface area contributed by atoms with Crippen LogP contribution in [0.3, 0.4) is 0 Å². The average molecular weight is 373 g/mol. The number of alkyl halides is 3. The van der Waals surface area contributed by atoms with Gasteiger partial charge in [-0.25, -0.2) is 0 Å². The molecule has 2 aliphatic rings. The highest BCUT2D eigenvalue weighted by Gasteiger charge is 2.39. The molecule has 1 aromatic carbocycles. The van der Waals surface area contributed by atoms with Gasteiger partial charge in [0.2, 0.25) is 5.91 Å². The molecule has 2 atom stereocenters. The molecule has 0 saturated carbocycles. The quantitative estimate of drug-likeness (QED) is 0.880. The number of carbonyl (C=O) groups excluding carboxylic acids is 1. The fourth-order valence-corrected chi connectivity index (χ4v) is 4.51. The fourth-order valence-electron chi connectivity index (χ4n) is 3.21. The summed E-state index contributed by atoms with van der Waals surface area (Å²) < 4.78 is 39.0. The number of nitrogens with one attached hydrogen (secondary N) is 1. The highest BCUT2D eigenvalue weighted by molar-refractivity contribution is 8.01. The number of carbonyl (C=O) groups is 1. The highest BCUT2D eigenvalue weighted by Crippen LogP contribution is 2.43. The second-order valence-corrected chi connectivity index (χ2v) is 7.80. The molecule has 0 bridgehead atoms. The molecular formula is C17H22F3N3OS. The van der Waals surface area contributed by atoms with Gasteiger partial charge in [0.15, 0.2) is 0 Å². The molecule has 1 amide bonds. The maximum Gasteiger partial charge on any atom is 0.416 e. The average Bonchev–Trinajstić information content (AvgIpc) is 2.88. The van der Waals surface area contributed by atoms with Crippen LogP contribution in [0.2, 0.25) is 0 Å². The van der Waals surface area contributed by atoms with E-state index < -0.39 is 11.7 Å². The van der Waals surface area contributed by atoms with Crippen molar-refractivity contribution in [2.45, 2.75) is 23.7 Å². The van der Waals surface area contributed by atoms with Gasteiger partial charge in [-0.05, 0) is 24.6 Å². The lowest BCUT2D eigenvalue weighted by Gasteiger charge is -2.31. The van der Waals surface area contributed by atoms with Crippen molar-refractivity contribution < 1.29 is 18.0 Å². The summed E-state index contributed by atoms with van der Waals surface area (Å²) in [6.07, 6.45) is -4.37. The molecule has 2 unspecified atom stereocenters. The van der Waals surface area contributed by atoms with Crippen LogP contribution in [0.25, 0.3) is 0 Å². The van der Waals surface area contributed by atoms with Crippen LogP contribution in [0, 0.1) is 0 Å². The Labute approximate surface area is 149 Å². The molecular weight excluding hydrogens is 351 g/mol. The zero-order chi connectivity index (χ0) is 18.0. The third-order valence-corrected chi connectivity index (χ3v) is 6.01. The lowest BCUT2D eigenvalue weighted by atomic mass is 10.1. The largest absolute Gasteiger partial charge is 0.416 e. The Balaban J connectivity index is 1.75. The molecule has 2 heterocycles. The van der Waals surface area contributed by atoms with E-state index in [9.17, 15) is 18.0 Å². The third kappa shape index (κ3) is 4.30. The zero-order valence-corrected chi connectivity index (χ0v) is 14.9. The van der Waals surface area contributed by atoms with E-state index >= 15 is 0 Å². The maximum absolute atomic E-state index is 13.0. The van der Waals surface area contributed by atoms with Gasteiger partial charge in [0.05, 0.1) is 10.8 Å². The van der Waals surface area contributed by atoms with Gasteiger partial charge < -0.3 is 10.2 Å². The Morgan fingerprint density at radius 1 is 1.24 bits per heavy atom. The van der Waals surface area contributed by atoms with Crippen molar-refractivity contribution in [1.82, 2.24) is 15.1 Å². The van der Waals surface area contributed by atoms with Crippen molar-refractivity contribution in [2.24, 2.45) is 0 Å². The van der Waals surface area contributed by atoms with Gasteiger partial charge in [0.25, 0.3) is 0 Å². The summed E-state index contributed by atoms with van der Waals surface area (Å²) in [7, 11) is 0. The van der Waals surface area contributed by atoms with E-state index in [1.54, 1.807) is 11.0 Å². The Morgan fingerprint density at radius 3 is 2.64 bits per heavy atom. The first kappa shape index (κ1) is 18.5. The van der Waals surface area contributed by atoms with Crippen LogP contribution in [-0.4, -0.2) is 60.2 Å². The van der Waals surface area contributed by atoms with E-state index in [2.05, 4.69) is 10.2 Å². The Morgan fingerprint density at radius 2 is 1.96 bits per heavy atom.